The number of halogens is 1. The number of nitrogens with one attached hydrogen (secondary N) is 2. The van der Waals surface area contributed by atoms with E-state index in [1.807, 2.05) is 12.1 Å². The largest absolute Gasteiger partial charge is 0.492 e. The average Bonchev–Trinajstić information content (AvgIpc) is 3.02. The van der Waals surface area contributed by atoms with E-state index in [1.54, 1.807) is 6.07 Å². The molecule has 0 spiro atoms. The van der Waals surface area contributed by atoms with Gasteiger partial charge in [0.15, 0.2) is 0 Å². The average molecular weight is 410 g/mol. The van der Waals surface area contributed by atoms with Crippen molar-refractivity contribution in [3.8, 4) is 5.75 Å². The molecule has 2 aromatic carbocycles. The molecule has 1 aliphatic heterocycles. The number of carbonyl (C=O) groups excluding carboxylic acids is 2. The molecule has 1 heterocycles. The summed E-state index contributed by atoms with van der Waals surface area (Å²) in [5, 5.41) is 6.04. The highest BCUT2D eigenvalue weighted by Crippen LogP contribution is 2.30. The Kier molecular flexibility index (Phi) is 6.31. The van der Waals surface area contributed by atoms with Crippen molar-refractivity contribution >= 4 is 17.5 Å². The second-order valence-corrected chi connectivity index (χ2v) is 8.19. The van der Waals surface area contributed by atoms with Gasteiger partial charge < -0.3 is 15.4 Å². The lowest BCUT2D eigenvalue weighted by Crippen LogP contribution is -2.42. The molecule has 2 aromatic rings. The first-order valence-corrected chi connectivity index (χ1v) is 10.7. The molecule has 1 atom stereocenters. The minimum atomic E-state index is -0.384. The van der Waals surface area contributed by atoms with Gasteiger partial charge in [0, 0.05) is 17.3 Å². The lowest BCUT2D eigenvalue weighted by molar-refractivity contribution is -0.127. The standard InChI is InChI=1S/C24H27FN2O3/c25-19-9-7-16(8-10-19)23(28)27-21-11-12-22-17(14-21)13-18(15-30-22)24(29)26-20-5-3-1-2-4-6-20/h7-12,14,18,20H,1-6,13,15H2,(H,26,29)(H,27,28)/t18-/m0/s1. The molecular weight excluding hydrogens is 383 g/mol. The molecule has 2 N–H and O–H groups in total. The third-order valence-electron chi connectivity index (χ3n) is 5.90. The minimum Gasteiger partial charge on any atom is -0.492 e. The zero-order valence-corrected chi connectivity index (χ0v) is 17.0. The van der Waals surface area contributed by atoms with Crippen LogP contribution in [0.3, 0.4) is 0 Å². The van der Waals surface area contributed by atoms with E-state index >= 15 is 0 Å². The van der Waals surface area contributed by atoms with E-state index in [2.05, 4.69) is 10.6 Å². The second kappa shape index (κ2) is 9.28. The molecule has 0 saturated heterocycles. The van der Waals surface area contributed by atoms with Crippen LogP contribution in [-0.4, -0.2) is 24.5 Å². The number of anilines is 1. The fourth-order valence-corrected chi connectivity index (χ4v) is 4.19. The number of amides is 2. The number of rotatable bonds is 4. The molecule has 2 aliphatic rings. The zero-order chi connectivity index (χ0) is 20.9. The highest BCUT2D eigenvalue weighted by atomic mass is 19.1. The van der Waals surface area contributed by atoms with Crippen LogP contribution in [0.5, 0.6) is 5.75 Å². The molecule has 158 valence electrons. The Hall–Kier alpha value is -2.89. The van der Waals surface area contributed by atoms with Gasteiger partial charge in [0.1, 0.15) is 18.2 Å². The second-order valence-electron chi connectivity index (χ2n) is 8.19. The van der Waals surface area contributed by atoms with E-state index in [1.165, 1.54) is 49.9 Å². The number of hydrogen-bond acceptors (Lipinski definition) is 3. The molecule has 5 nitrogen and oxygen atoms in total. The molecule has 30 heavy (non-hydrogen) atoms. The molecule has 0 radical (unpaired) electrons. The number of ether oxygens (including phenoxy) is 1. The Labute approximate surface area is 176 Å². The third kappa shape index (κ3) is 4.99. The Morgan fingerprint density at radius 1 is 0.967 bits per heavy atom. The molecule has 1 fully saturated rings. The topological polar surface area (TPSA) is 67.4 Å². The van der Waals surface area contributed by atoms with Gasteiger partial charge >= 0.3 is 0 Å². The summed E-state index contributed by atoms with van der Waals surface area (Å²) < 4.78 is 18.9. The van der Waals surface area contributed by atoms with Crippen LogP contribution in [0, 0.1) is 11.7 Å². The summed E-state index contributed by atoms with van der Waals surface area (Å²) in [4.78, 5) is 25.2. The Morgan fingerprint density at radius 2 is 1.70 bits per heavy atom. The summed E-state index contributed by atoms with van der Waals surface area (Å²) in [5.41, 5.74) is 1.90. The fraction of sp³-hybridized carbons (Fsp3) is 0.417. The van der Waals surface area contributed by atoms with Gasteiger partial charge in [0.05, 0.1) is 5.92 Å². The first kappa shape index (κ1) is 20.4. The van der Waals surface area contributed by atoms with Crippen LogP contribution in [0.15, 0.2) is 42.5 Å². The van der Waals surface area contributed by atoms with Crippen molar-refractivity contribution in [1.82, 2.24) is 5.32 Å². The molecule has 1 saturated carbocycles. The first-order chi connectivity index (χ1) is 14.6. The highest BCUT2D eigenvalue weighted by Gasteiger charge is 2.28. The van der Waals surface area contributed by atoms with E-state index < -0.39 is 0 Å². The van der Waals surface area contributed by atoms with Crippen molar-refractivity contribution in [3.05, 3.63) is 59.4 Å². The molecule has 0 aromatic heterocycles. The number of carbonyl (C=O) groups is 2. The predicted molar refractivity (Wildman–Crippen MR) is 113 cm³/mol. The van der Waals surface area contributed by atoms with Crippen LogP contribution >= 0.6 is 0 Å². The normalized spacial score (nSPS) is 19.2. The van der Waals surface area contributed by atoms with Gasteiger partial charge in [0.25, 0.3) is 5.91 Å². The summed E-state index contributed by atoms with van der Waals surface area (Å²) in [6.07, 6.45) is 7.52. The van der Waals surface area contributed by atoms with Gasteiger partial charge in [0.2, 0.25) is 5.91 Å². The van der Waals surface area contributed by atoms with Gasteiger partial charge in [-0.1, -0.05) is 25.7 Å². The fourth-order valence-electron chi connectivity index (χ4n) is 4.19. The molecule has 0 unspecified atom stereocenters. The lowest BCUT2D eigenvalue weighted by atomic mass is 9.95. The SMILES string of the molecule is O=C(Nc1ccc2c(c1)C[C@H](C(=O)NC1CCCCCC1)CO2)c1ccc(F)cc1. The van der Waals surface area contributed by atoms with Crippen molar-refractivity contribution in [1.29, 1.82) is 0 Å². The third-order valence-corrected chi connectivity index (χ3v) is 5.90. The van der Waals surface area contributed by atoms with E-state index in [0.29, 0.717) is 24.3 Å². The zero-order valence-electron chi connectivity index (χ0n) is 17.0. The van der Waals surface area contributed by atoms with E-state index in [9.17, 15) is 14.0 Å². The Bertz CT molecular complexity index is 905. The summed E-state index contributed by atoms with van der Waals surface area (Å²) in [7, 11) is 0. The molecule has 4 rings (SSSR count). The van der Waals surface area contributed by atoms with E-state index in [4.69, 9.17) is 4.74 Å². The maximum Gasteiger partial charge on any atom is 0.255 e. The Balaban J connectivity index is 1.39. The van der Waals surface area contributed by atoms with Crippen molar-refractivity contribution < 1.29 is 18.7 Å². The number of hydrogen-bond donors (Lipinski definition) is 2. The van der Waals surface area contributed by atoms with Gasteiger partial charge in [-0.3, -0.25) is 9.59 Å². The van der Waals surface area contributed by atoms with Crippen LogP contribution in [0.2, 0.25) is 0 Å². The number of benzene rings is 2. The van der Waals surface area contributed by atoms with Crippen molar-refractivity contribution in [2.24, 2.45) is 5.92 Å². The first-order valence-electron chi connectivity index (χ1n) is 10.7. The quantitative estimate of drug-likeness (QED) is 0.731. The van der Waals surface area contributed by atoms with Crippen molar-refractivity contribution in [3.63, 3.8) is 0 Å². The van der Waals surface area contributed by atoms with Crippen LogP contribution in [-0.2, 0) is 11.2 Å². The minimum absolute atomic E-state index is 0.0494. The van der Waals surface area contributed by atoms with Crippen molar-refractivity contribution in [2.75, 3.05) is 11.9 Å². The van der Waals surface area contributed by atoms with Crippen LogP contribution in [0.25, 0.3) is 0 Å². The van der Waals surface area contributed by atoms with Crippen LogP contribution in [0.1, 0.15) is 54.4 Å². The Morgan fingerprint density at radius 3 is 2.43 bits per heavy atom. The van der Waals surface area contributed by atoms with Gasteiger partial charge in [-0.25, -0.2) is 4.39 Å². The number of fused-ring (bicyclic) bond motifs is 1. The van der Waals surface area contributed by atoms with E-state index in [0.717, 1.165) is 24.2 Å². The molecule has 1 aliphatic carbocycles. The van der Waals surface area contributed by atoms with Gasteiger partial charge in [-0.2, -0.15) is 0 Å². The summed E-state index contributed by atoms with van der Waals surface area (Å²) in [5.74, 6) is -0.134. The van der Waals surface area contributed by atoms with Crippen LogP contribution in [0.4, 0.5) is 10.1 Å². The highest BCUT2D eigenvalue weighted by molar-refractivity contribution is 6.04. The van der Waals surface area contributed by atoms with Crippen molar-refractivity contribution in [2.45, 2.75) is 51.0 Å². The molecule has 6 heteroatoms. The predicted octanol–water partition coefficient (Wildman–Crippen LogP) is 4.47. The maximum absolute atomic E-state index is 13.1. The van der Waals surface area contributed by atoms with Crippen LogP contribution < -0.4 is 15.4 Å². The summed E-state index contributed by atoms with van der Waals surface area (Å²) >= 11 is 0. The molecular formula is C24H27FN2O3. The lowest BCUT2D eigenvalue weighted by Gasteiger charge is -2.27. The molecule has 2 amide bonds. The summed E-state index contributed by atoms with van der Waals surface area (Å²) in [6, 6.07) is 11.1. The molecule has 0 bridgehead atoms. The smallest absolute Gasteiger partial charge is 0.255 e. The van der Waals surface area contributed by atoms with E-state index in [-0.39, 0.29) is 29.6 Å². The van der Waals surface area contributed by atoms with Gasteiger partial charge in [-0.15, -0.1) is 0 Å². The maximum atomic E-state index is 13.1. The monoisotopic (exact) mass is 410 g/mol. The summed E-state index contributed by atoms with van der Waals surface area (Å²) in [6.45, 7) is 0.368. The van der Waals surface area contributed by atoms with Gasteiger partial charge in [-0.05, 0) is 67.3 Å².